The zero-order chi connectivity index (χ0) is 21.0. The largest absolute Gasteiger partial charge is 0.490 e. The smallest absolute Gasteiger partial charge is 0.414 e. The van der Waals surface area contributed by atoms with Crippen LogP contribution >= 0.6 is 0 Å². The molecule has 1 rings (SSSR count). The maximum Gasteiger partial charge on any atom is 0.414 e. The van der Waals surface area contributed by atoms with Gasteiger partial charge in [-0.2, -0.15) is 0 Å². The van der Waals surface area contributed by atoms with Crippen molar-refractivity contribution in [2.24, 2.45) is 0 Å². The topological polar surface area (TPSA) is 133 Å². The summed E-state index contributed by atoms with van der Waals surface area (Å²) in [5.41, 5.74) is 0.547. The van der Waals surface area contributed by atoms with Crippen LogP contribution in [0.3, 0.4) is 0 Å². The van der Waals surface area contributed by atoms with Gasteiger partial charge in [0.1, 0.15) is 18.5 Å². The van der Waals surface area contributed by atoms with Gasteiger partial charge in [0.2, 0.25) is 0 Å². The molecule has 8 heteroatoms. The van der Waals surface area contributed by atoms with Gasteiger partial charge in [0.25, 0.3) is 0 Å². The van der Waals surface area contributed by atoms with Crippen molar-refractivity contribution in [2.75, 3.05) is 13.2 Å². The molecule has 8 nitrogen and oxygen atoms in total. The maximum atomic E-state index is 12.0. The summed E-state index contributed by atoms with van der Waals surface area (Å²) in [4.78, 5) is 30.2. The van der Waals surface area contributed by atoms with Crippen LogP contribution in [-0.4, -0.2) is 57.8 Å². The van der Waals surface area contributed by atoms with Gasteiger partial charge in [-0.25, -0.2) is 9.59 Å². The van der Waals surface area contributed by atoms with Crippen molar-refractivity contribution in [3.63, 3.8) is 0 Å². The van der Waals surface area contributed by atoms with E-state index >= 15 is 0 Å². The molecule has 1 aromatic rings. The molecular formula is C19H29NO7. The van der Waals surface area contributed by atoms with E-state index in [1.807, 2.05) is 39.8 Å². The Bertz CT molecular complexity index is 611. The van der Waals surface area contributed by atoms with Crippen LogP contribution in [0.5, 0.6) is 5.75 Å². The van der Waals surface area contributed by atoms with Crippen LogP contribution in [0.25, 0.3) is 0 Å². The van der Waals surface area contributed by atoms with E-state index in [1.165, 1.54) is 0 Å². The highest BCUT2D eigenvalue weighted by atomic mass is 16.5. The van der Waals surface area contributed by atoms with E-state index in [9.17, 15) is 9.90 Å². The van der Waals surface area contributed by atoms with Crippen molar-refractivity contribution in [1.82, 2.24) is 5.32 Å². The SMILES string of the molecule is CCCC(=O)c1ccccc1OCC(O)CNC(C)(C)C.O=C(O)C(=O)O. The third kappa shape index (κ3) is 11.7. The highest BCUT2D eigenvalue weighted by Gasteiger charge is 2.15. The number of ether oxygens (including phenoxy) is 1. The Balaban J connectivity index is 0.000000972. The molecule has 1 aromatic carbocycles. The lowest BCUT2D eigenvalue weighted by molar-refractivity contribution is -0.159. The van der Waals surface area contributed by atoms with Gasteiger partial charge in [0, 0.05) is 18.5 Å². The summed E-state index contributed by atoms with van der Waals surface area (Å²) >= 11 is 0. The minimum Gasteiger partial charge on any atom is -0.490 e. The molecule has 4 N–H and O–H groups in total. The van der Waals surface area contributed by atoms with Gasteiger partial charge in [0.15, 0.2) is 5.78 Å². The molecule has 0 aliphatic rings. The Morgan fingerprint density at radius 1 is 1.11 bits per heavy atom. The second-order valence-electron chi connectivity index (χ2n) is 6.88. The average molecular weight is 383 g/mol. The molecule has 0 aliphatic carbocycles. The van der Waals surface area contributed by atoms with Crippen LogP contribution < -0.4 is 10.1 Å². The molecule has 0 radical (unpaired) electrons. The Hall–Kier alpha value is -2.45. The number of para-hydroxylation sites is 1. The number of carboxylic acid groups (broad SMARTS) is 2. The fraction of sp³-hybridized carbons (Fsp3) is 0.526. The number of aliphatic carboxylic acids is 2. The Labute approximate surface area is 159 Å². The maximum absolute atomic E-state index is 12.0. The summed E-state index contributed by atoms with van der Waals surface area (Å²) in [5, 5.41) is 27.9. The van der Waals surface area contributed by atoms with Crippen LogP contribution in [0, 0.1) is 0 Å². The Morgan fingerprint density at radius 2 is 1.67 bits per heavy atom. The molecule has 0 amide bonds. The molecule has 0 aliphatic heterocycles. The van der Waals surface area contributed by atoms with Crippen LogP contribution in [0.15, 0.2) is 24.3 Å². The summed E-state index contributed by atoms with van der Waals surface area (Å²) in [6.45, 7) is 8.72. The lowest BCUT2D eigenvalue weighted by Crippen LogP contribution is -2.42. The standard InChI is InChI=1S/C17H27NO3.C2H2O4/c1-5-8-15(20)14-9-6-7-10-16(14)21-12-13(19)11-18-17(2,3)4;3-1(4)2(5)6/h6-7,9-10,13,18-19H,5,8,11-12H2,1-4H3;(H,3,4)(H,5,6). The van der Waals surface area contributed by atoms with Gasteiger partial charge in [-0.05, 0) is 39.3 Å². The van der Waals surface area contributed by atoms with Crippen LogP contribution in [0.1, 0.15) is 50.9 Å². The number of β-amino-alcohol motifs (C(OH)–C–C–N with tert-alkyl or cyclic N) is 1. The van der Waals surface area contributed by atoms with Gasteiger partial charge in [-0.3, -0.25) is 4.79 Å². The van der Waals surface area contributed by atoms with E-state index in [4.69, 9.17) is 24.5 Å². The number of aliphatic hydroxyl groups is 1. The molecule has 0 aromatic heterocycles. The number of ketones is 1. The van der Waals surface area contributed by atoms with Crippen molar-refractivity contribution in [3.05, 3.63) is 29.8 Å². The molecule has 0 spiro atoms. The van der Waals surface area contributed by atoms with Crippen molar-refractivity contribution < 1.29 is 34.4 Å². The predicted molar refractivity (Wildman–Crippen MR) is 100 cm³/mol. The van der Waals surface area contributed by atoms with Crippen LogP contribution in [-0.2, 0) is 9.59 Å². The first-order valence-corrected chi connectivity index (χ1v) is 8.62. The van der Waals surface area contributed by atoms with E-state index in [0.29, 0.717) is 24.3 Å². The van der Waals surface area contributed by atoms with Crippen molar-refractivity contribution in [1.29, 1.82) is 0 Å². The number of carbonyl (C=O) groups excluding carboxylic acids is 1. The van der Waals surface area contributed by atoms with Gasteiger partial charge in [0.05, 0.1) is 5.56 Å². The number of hydrogen-bond donors (Lipinski definition) is 4. The van der Waals surface area contributed by atoms with E-state index in [2.05, 4.69) is 5.32 Å². The third-order valence-electron chi connectivity index (χ3n) is 3.15. The third-order valence-corrected chi connectivity index (χ3v) is 3.15. The minimum atomic E-state index is -1.82. The van der Waals surface area contributed by atoms with Crippen LogP contribution in [0.4, 0.5) is 0 Å². The number of carboxylic acids is 2. The monoisotopic (exact) mass is 383 g/mol. The second kappa shape index (κ2) is 12.0. The summed E-state index contributed by atoms with van der Waals surface area (Å²) in [6.07, 6.45) is 0.707. The first-order valence-electron chi connectivity index (χ1n) is 8.62. The fourth-order valence-corrected chi connectivity index (χ4v) is 1.85. The van der Waals surface area contributed by atoms with E-state index in [1.54, 1.807) is 12.1 Å². The van der Waals surface area contributed by atoms with Crippen molar-refractivity contribution in [2.45, 2.75) is 52.2 Å². The van der Waals surface area contributed by atoms with E-state index in [0.717, 1.165) is 6.42 Å². The zero-order valence-corrected chi connectivity index (χ0v) is 16.2. The molecule has 152 valence electrons. The number of hydrogen-bond acceptors (Lipinski definition) is 6. The Morgan fingerprint density at radius 3 is 2.15 bits per heavy atom. The van der Waals surface area contributed by atoms with Gasteiger partial charge >= 0.3 is 11.9 Å². The van der Waals surface area contributed by atoms with Gasteiger partial charge in [-0.1, -0.05) is 19.1 Å². The number of carbonyl (C=O) groups is 3. The number of Topliss-reactive ketones (excluding diaryl/α,β-unsaturated/α-hetero) is 1. The number of rotatable bonds is 8. The second-order valence-corrected chi connectivity index (χ2v) is 6.88. The zero-order valence-electron chi connectivity index (χ0n) is 16.2. The molecule has 0 saturated heterocycles. The first-order chi connectivity index (χ1) is 12.5. The predicted octanol–water partition coefficient (Wildman–Crippen LogP) is 1.95. The summed E-state index contributed by atoms with van der Waals surface area (Å²) in [7, 11) is 0. The van der Waals surface area contributed by atoms with Crippen molar-refractivity contribution >= 4 is 17.7 Å². The normalized spacial score (nSPS) is 11.7. The van der Waals surface area contributed by atoms with Gasteiger partial charge in [-0.15, -0.1) is 0 Å². The average Bonchev–Trinajstić information content (AvgIpc) is 2.58. The Kier molecular flexibility index (Phi) is 10.9. The molecule has 0 fully saturated rings. The number of nitrogens with one attached hydrogen (secondary N) is 1. The summed E-state index contributed by atoms with van der Waals surface area (Å²) < 4.78 is 5.62. The molecular weight excluding hydrogens is 354 g/mol. The van der Waals surface area contributed by atoms with E-state index in [-0.39, 0.29) is 17.9 Å². The lowest BCUT2D eigenvalue weighted by Gasteiger charge is -2.23. The lowest BCUT2D eigenvalue weighted by atomic mass is 10.1. The fourth-order valence-electron chi connectivity index (χ4n) is 1.85. The highest BCUT2D eigenvalue weighted by Crippen LogP contribution is 2.20. The van der Waals surface area contributed by atoms with Crippen LogP contribution in [0.2, 0.25) is 0 Å². The molecule has 27 heavy (non-hydrogen) atoms. The first kappa shape index (κ1) is 24.6. The quantitative estimate of drug-likeness (QED) is 0.395. The molecule has 1 atom stereocenters. The molecule has 0 saturated carbocycles. The summed E-state index contributed by atoms with van der Waals surface area (Å²) in [5.74, 6) is -3.02. The minimum absolute atomic E-state index is 0.0457. The molecule has 1 unspecified atom stereocenters. The number of benzene rings is 1. The van der Waals surface area contributed by atoms with Gasteiger partial charge < -0.3 is 25.4 Å². The van der Waals surface area contributed by atoms with Crippen molar-refractivity contribution in [3.8, 4) is 5.75 Å². The van der Waals surface area contributed by atoms with E-state index < -0.39 is 18.0 Å². The molecule has 0 heterocycles. The molecule has 0 bridgehead atoms. The summed E-state index contributed by atoms with van der Waals surface area (Å²) in [6, 6.07) is 7.20. The highest BCUT2D eigenvalue weighted by molar-refractivity contribution is 6.27. The number of aliphatic hydroxyl groups excluding tert-OH is 1.